The van der Waals surface area contributed by atoms with Crippen LogP contribution in [0, 0.1) is 0 Å². The first kappa shape index (κ1) is 19.9. The van der Waals surface area contributed by atoms with Crippen molar-refractivity contribution in [3.8, 4) is 0 Å². The fraction of sp³-hybridized carbons (Fsp3) is 0.500. The fourth-order valence-electron chi connectivity index (χ4n) is 4.22. The summed E-state index contributed by atoms with van der Waals surface area (Å²) in [6.07, 6.45) is 3.31. The van der Waals surface area contributed by atoms with E-state index < -0.39 is 35.3 Å². The van der Waals surface area contributed by atoms with E-state index in [1.165, 1.54) is 0 Å². The number of esters is 2. The van der Waals surface area contributed by atoms with Crippen molar-refractivity contribution >= 4 is 24.0 Å². The van der Waals surface area contributed by atoms with E-state index in [2.05, 4.69) is 15.6 Å². The second-order valence-corrected chi connectivity index (χ2v) is 7.05. The third kappa shape index (κ3) is 2.53. The lowest BCUT2D eigenvalue weighted by Crippen LogP contribution is -2.78. The lowest BCUT2D eigenvalue weighted by molar-refractivity contribution is -0.189. The van der Waals surface area contributed by atoms with Crippen LogP contribution in [-0.2, 0) is 25.6 Å². The molecule has 1 aromatic rings. The van der Waals surface area contributed by atoms with Crippen LogP contribution in [0.3, 0.4) is 0 Å². The van der Waals surface area contributed by atoms with E-state index in [0.717, 1.165) is 15.4 Å². The van der Waals surface area contributed by atoms with Crippen LogP contribution in [0.5, 0.6) is 0 Å². The molecule has 4 amide bonds. The van der Waals surface area contributed by atoms with Crippen molar-refractivity contribution in [2.45, 2.75) is 31.7 Å². The van der Waals surface area contributed by atoms with Gasteiger partial charge in [-0.2, -0.15) is 0 Å². The van der Waals surface area contributed by atoms with Crippen LogP contribution < -0.4 is 10.6 Å². The van der Waals surface area contributed by atoms with Gasteiger partial charge in [-0.1, -0.05) is 6.07 Å². The van der Waals surface area contributed by atoms with Gasteiger partial charge >= 0.3 is 24.0 Å². The Balaban J connectivity index is 1.78. The minimum atomic E-state index is -2.11. The molecule has 0 atom stereocenters. The summed E-state index contributed by atoms with van der Waals surface area (Å²) in [4.78, 5) is 60.1. The summed E-state index contributed by atoms with van der Waals surface area (Å²) in [5, 5.41) is 4.96. The van der Waals surface area contributed by atoms with Crippen LogP contribution in [0.2, 0.25) is 0 Å². The van der Waals surface area contributed by atoms with Crippen molar-refractivity contribution < 1.29 is 28.7 Å². The van der Waals surface area contributed by atoms with Gasteiger partial charge < -0.3 is 20.1 Å². The van der Waals surface area contributed by atoms with Crippen molar-refractivity contribution in [3.05, 3.63) is 30.1 Å². The second-order valence-electron chi connectivity index (χ2n) is 7.05. The Morgan fingerprint density at radius 2 is 1.67 bits per heavy atom. The van der Waals surface area contributed by atoms with Gasteiger partial charge in [-0.3, -0.25) is 19.7 Å². The summed E-state index contributed by atoms with van der Waals surface area (Å²) in [7, 11) is 0. The van der Waals surface area contributed by atoms with E-state index >= 15 is 0 Å². The maximum absolute atomic E-state index is 13.2. The molecule has 0 aliphatic carbocycles. The Morgan fingerprint density at radius 3 is 2.20 bits per heavy atom. The molecule has 0 unspecified atom stereocenters. The van der Waals surface area contributed by atoms with Gasteiger partial charge in [-0.15, -0.1) is 0 Å². The summed E-state index contributed by atoms with van der Waals surface area (Å²) in [6, 6.07) is 2.24. The molecule has 12 heteroatoms. The van der Waals surface area contributed by atoms with Gasteiger partial charge in [0.1, 0.15) is 0 Å². The van der Waals surface area contributed by atoms with Crippen molar-refractivity contribution in [2.24, 2.45) is 0 Å². The molecule has 2 N–H and O–H groups in total. The highest BCUT2D eigenvalue weighted by atomic mass is 16.5. The molecule has 12 nitrogen and oxygen atoms in total. The second kappa shape index (κ2) is 7.13. The van der Waals surface area contributed by atoms with E-state index in [9.17, 15) is 19.2 Å². The average molecular weight is 418 g/mol. The SMILES string of the molecule is CCOC(=O)C12NC(=O)N3CN(Cc4cccnc4)CN(C(=O)N1)C32C(=O)OCC. The summed E-state index contributed by atoms with van der Waals surface area (Å²) < 4.78 is 10.3. The summed E-state index contributed by atoms with van der Waals surface area (Å²) in [5.41, 5.74) is -3.28. The smallest absolute Gasteiger partial charge is 0.359 e. The lowest BCUT2D eigenvalue weighted by Gasteiger charge is -2.49. The van der Waals surface area contributed by atoms with Crippen molar-refractivity contribution in [1.29, 1.82) is 0 Å². The number of carbonyl (C=O) groups excluding carboxylic acids is 4. The van der Waals surface area contributed by atoms with Crippen molar-refractivity contribution in [2.75, 3.05) is 26.6 Å². The number of urea groups is 2. The number of amides is 4. The molecule has 3 aliphatic heterocycles. The number of rotatable bonds is 6. The zero-order valence-corrected chi connectivity index (χ0v) is 16.6. The monoisotopic (exact) mass is 418 g/mol. The quantitative estimate of drug-likeness (QED) is 0.584. The fourth-order valence-corrected chi connectivity index (χ4v) is 4.22. The summed E-state index contributed by atoms with van der Waals surface area (Å²) >= 11 is 0. The lowest BCUT2D eigenvalue weighted by atomic mass is 9.92. The van der Waals surface area contributed by atoms with Crippen LogP contribution in [0.15, 0.2) is 24.5 Å². The van der Waals surface area contributed by atoms with Gasteiger partial charge in [0.25, 0.3) is 11.3 Å². The first-order valence-electron chi connectivity index (χ1n) is 9.56. The molecule has 3 saturated heterocycles. The third-order valence-electron chi connectivity index (χ3n) is 5.34. The van der Waals surface area contributed by atoms with Gasteiger partial charge in [-0.05, 0) is 25.5 Å². The van der Waals surface area contributed by atoms with Crippen LogP contribution in [0.25, 0.3) is 0 Å². The average Bonchev–Trinajstić information content (AvgIpc) is 3.13. The summed E-state index contributed by atoms with van der Waals surface area (Å²) in [5.74, 6) is -1.83. The molecule has 4 rings (SSSR count). The van der Waals surface area contributed by atoms with Gasteiger partial charge in [0.15, 0.2) is 0 Å². The van der Waals surface area contributed by atoms with Gasteiger partial charge in [0, 0.05) is 18.9 Å². The van der Waals surface area contributed by atoms with Crippen molar-refractivity contribution in [3.63, 3.8) is 0 Å². The molecule has 0 spiro atoms. The van der Waals surface area contributed by atoms with E-state index in [0.29, 0.717) is 6.54 Å². The van der Waals surface area contributed by atoms with Crippen LogP contribution in [0.4, 0.5) is 9.59 Å². The molecule has 1 aromatic heterocycles. The number of hydrogen-bond donors (Lipinski definition) is 2. The third-order valence-corrected chi connectivity index (χ3v) is 5.34. The highest BCUT2D eigenvalue weighted by Crippen LogP contribution is 2.45. The largest absolute Gasteiger partial charge is 0.463 e. The molecule has 3 aliphatic rings. The van der Waals surface area contributed by atoms with E-state index in [1.807, 2.05) is 6.07 Å². The Labute approximate surface area is 172 Å². The molecular weight excluding hydrogens is 396 g/mol. The number of ether oxygens (including phenoxy) is 2. The number of pyridine rings is 1. The number of carbonyl (C=O) groups is 4. The molecule has 160 valence electrons. The topological polar surface area (TPSA) is 133 Å². The van der Waals surface area contributed by atoms with E-state index in [4.69, 9.17) is 9.47 Å². The van der Waals surface area contributed by atoms with Gasteiger partial charge in [-0.25, -0.2) is 19.2 Å². The van der Waals surface area contributed by atoms with Gasteiger partial charge in [0.05, 0.1) is 26.6 Å². The molecule has 4 heterocycles. The zero-order chi connectivity index (χ0) is 21.5. The first-order valence-corrected chi connectivity index (χ1v) is 9.56. The Kier molecular flexibility index (Phi) is 4.73. The minimum Gasteiger partial charge on any atom is -0.463 e. The standard InChI is InChI=1S/C18H22N6O6/c1-3-29-13(25)17-18(14(26)30-4-2)23(15(27)20-17)10-22(11-24(18)16(28)21-17)9-12-6-5-7-19-8-12/h5-8H,3-4,9-11H2,1-2H3,(H,20,27)(H,21,28). The van der Waals surface area contributed by atoms with Crippen LogP contribution in [-0.4, -0.2) is 81.6 Å². The summed E-state index contributed by atoms with van der Waals surface area (Å²) in [6.45, 7) is 3.52. The first-order chi connectivity index (χ1) is 14.4. The van der Waals surface area contributed by atoms with Crippen LogP contribution in [0.1, 0.15) is 19.4 Å². The number of aromatic nitrogens is 1. The minimum absolute atomic E-state index is 0.00163. The highest BCUT2D eigenvalue weighted by molar-refractivity contribution is 6.09. The molecular formula is C18H22N6O6. The number of nitrogens with zero attached hydrogens (tertiary/aromatic N) is 4. The Bertz CT molecular complexity index is 864. The normalized spacial score (nSPS) is 27.4. The van der Waals surface area contributed by atoms with Crippen LogP contribution >= 0.6 is 0 Å². The number of nitrogens with one attached hydrogen (secondary N) is 2. The highest BCUT2D eigenvalue weighted by Gasteiger charge is 2.82. The molecule has 0 aromatic carbocycles. The Hall–Kier alpha value is -3.41. The maximum Gasteiger partial charge on any atom is 0.359 e. The molecule has 0 radical (unpaired) electrons. The molecule has 3 fully saturated rings. The zero-order valence-electron chi connectivity index (χ0n) is 16.6. The van der Waals surface area contributed by atoms with E-state index in [1.54, 1.807) is 37.2 Å². The Morgan fingerprint density at radius 1 is 1.07 bits per heavy atom. The maximum atomic E-state index is 13.2. The molecule has 0 saturated carbocycles. The van der Waals surface area contributed by atoms with E-state index in [-0.39, 0.29) is 26.6 Å². The molecule has 0 bridgehead atoms. The van der Waals surface area contributed by atoms with Gasteiger partial charge in [0.2, 0.25) is 0 Å². The van der Waals surface area contributed by atoms with Crippen molar-refractivity contribution in [1.82, 2.24) is 30.3 Å². The number of hydrogen-bond acceptors (Lipinski definition) is 8. The predicted octanol–water partition coefficient (Wildman–Crippen LogP) is -0.619. The molecule has 30 heavy (non-hydrogen) atoms. The predicted molar refractivity (Wildman–Crippen MR) is 99.0 cm³/mol.